The SMILES string of the molecule is NC1CCCC(NCc2ccc(Cl)cc2)C1. The molecule has 0 aromatic heterocycles. The first-order valence-electron chi connectivity index (χ1n) is 5.97. The van der Waals surface area contributed by atoms with Crippen molar-refractivity contribution in [2.24, 2.45) is 5.73 Å². The molecule has 2 unspecified atom stereocenters. The molecule has 1 aliphatic carbocycles. The van der Waals surface area contributed by atoms with Crippen LogP contribution in [0.5, 0.6) is 0 Å². The highest BCUT2D eigenvalue weighted by Crippen LogP contribution is 2.17. The van der Waals surface area contributed by atoms with Gasteiger partial charge in [0, 0.05) is 23.7 Å². The van der Waals surface area contributed by atoms with Crippen LogP contribution in [0, 0.1) is 0 Å². The van der Waals surface area contributed by atoms with E-state index >= 15 is 0 Å². The van der Waals surface area contributed by atoms with Crippen molar-refractivity contribution in [1.29, 1.82) is 0 Å². The smallest absolute Gasteiger partial charge is 0.0406 e. The molecule has 0 radical (unpaired) electrons. The Kier molecular flexibility index (Phi) is 4.22. The third-order valence-electron chi connectivity index (χ3n) is 3.22. The summed E-state index contributed by atoms with van der Waals surface area (Å²) in [7, 11) is 0. The van der Waals surface area contributed by atoms with Crippen LogP contribution in [0.25, 0.3) is 0 Å². The van der Waals surface area contributed by atoms with Crippen LogP contribution in [0.15, 0.2) is 24.3 Å². The van der Waals surface area contributed by atoms with Gasteiger partial charge < -0.3 is 11.1 Å². The first kappa shape index (κ1) is 11.9. The molecule has 1 aliphatic rings. The van der Waals surface area contributed by atoms with Crippen LogP contribution in [0.2, 0.25) is 5.02 Å². The van der Waals surface area contributed by atoms with E-state index in [9.17, 15) is 0 Å². The van der Waals surface area contributed by atoms with E-state index in [4.69, 9.17) is 17.3 Å². The molecule has 0 aliphatic heterocycles. The molecule has 3 heteroatoms. The second kappa shape index (κ2) is 5.67. The van der Waals surface area contributed by atoms with Crippen LogP contribution < -0.4 is 11.1 Å². The summed E-state index contributed by atoms with van der Waals surface area (Å²) < 4.78 is 0. The van der Waals surface area contributed by atoms with Gasteiger partial charge in [-0.05, 0) is 37.0 Å². The fourth-order valence-electron chi connectivity index (χ4n) is 2.28. The zero-order valence-corrected chi connectivity index (χ0v) is 10.2. The van der Waals surface area contributed by atoms with Crippen LogP contribution in [0.4, 0.5) is 0 Å². The van der Waals surface area contributed by atoms with E-state index in [1.54, 1.807) is 0 Å². The first-order chi connectivity index (χ1) is 7.74. The molecule has 2 nitrogen and oxygen atoms in total. The quantitative estimate of drug-likeness (QED) is 0.850. The van der Waals surface area contributed by atoms with Crippen molar-refractivity contribution < 1.29 is 0 Å². The highest BCUT2D eigenvalue weighted by atomic mass is 35.5. The van der Waals surface area contributed by atoms with Crippen LogP contribution in [0.3, 0.4) is 0 Å². The van der Waals surface area contributed by atoms with E-state index in [0.29, 0.717) is 12.1 Å². The Morgan fingerprint density at radius 2 is 2.00 bits per heavy atom. The lowest BCUT2D eigenvalue weighted by molar-refractivity contribution is 0.338. The molecule has 0 bridgehead atoms. The van der Waals surface area contributed by atoms with E-state index in [2.05, 4.69) is 17.4 Å². The number of halogens is 1. The maximum atomic E-state index is 5.96. The molecule has 1 aromatic rings. The van der Waals surface area contributed by atoms with Gasteiger partial charge in [0.1, 0.15) is 0 Å². The first-order valence-corrected chi connectivity index (χ1v) is 6.35. The van der Waals surface area contributed by atoms with Crippen LogP contribution in [0.1, 0.15) is 31.2 Å². The van der Waals surface area contributed by atoms with E-state index < -0.39 is 0 Å². The predicted octanol–water partition coefficient (Wildman–Crippen LogP) is 2.70. The minimum absolute atomic E-state index is 0.386. The van der Waals surface area contributed by atoms with Crippen LogP contribution >= 0.6 is 11.6 Å². The van der Waals surface area contributed by atoms with Gasteiger partial charge in [-0.25, -0.2) is 0 Å². The number of nitrogens with two attached hydrogens (primary N) is 1. The third-order valence-corrected chi connectivity index (χ3v) is 3.47. The van der Waals surface area contributed by atoms with E-state index in [1.165, 1.54) is 24.8 Å². The molecule has 1 saturated carbocycles. The van der Waals surface area contributed by atoms with Gasteiger partial charge in [-0.1, -0.05) is 30.2 Å². The molecular formula is C13H19ClN2. The highest BCUT2D eigenvalue weighted by Gasteiger charge is 2.18. The van der Waals surface area contributed by atoms with Crippen molar-refractivity contribution in [3.05, 3.63) is 34.9 Å². The normalized spacial score (nSPS) is 25.6. The molecule has 1 aromatic carbocycles. The molecule has 3 N–H and O–H groups in total. The molecule has 0 amide bonds. The summed E-state index contributed by atoms with van der Waals surface area (Å²) in [6.45, 7) is 0.911. The zero-order chi connectivity index (χ0) is 11.4. The summed E-state index contributed by atoms with van der Waals surface area (Å²) >= 11 is 5.84. The van der Waals surface area contributed by atoms with Gasteiger partial charge in [-0.15, -0.1) is 0 Å². The van der Waals surface area contributed by atoms with Gasteiger partial charge in [0.05, 0.1) is 0 Å². The molecule has 2 atom stereocenters. The molecule has 0 heterocycles. The largest absolute Gasteiger partial charge is 0.328 e. The molecular weight excluding hydrogens is 220 g/mol. The molecule has 16 heavy (non-hydrogen) atoms. The minimum Gasteiger partial charge on any atom is -0.328 e. The van der Waals surface area contributed by atoms with E-state index in [-0.39, 0.29) is 0 Å². The average Bonchev–Trinajstić information content (AvgIpc) is 2.28. The van der Waals surface area contributed by atoms with E-state index in [0.717, 1.165) is 18.0 Å². The van der Waals surface area contributed by atoms with Crippen molar-refractivity contribution in [3.8, 4) is 0 Å². The van der Waals surface area contributed by atoms with Crippen molar-refractivity contribution >= 4 is 11.6 Å². The Labute approximate surface area is 102 Å². The molecule has 2 rings (SSSR count). The Balaban J connectivity index is 1.80. The number of hydrogen-bond acceptors (Lipinski definition) is 2. The number of hydrogen-bond donors (Lipinski definition) is 2. The molecule has 1 fully saturated rings. The summed E-state index contributed by atoms with van der Waals surface area (Å²) in [5.74, 6) is 0. The fourth-order valence-corrected chi connectivity index (χ4v) is 2.40. The highest BCUT2D eigenvalue weighted by molar-refractivity contribution is 6.30. The lowest BCUT2D eigenvalue weighted by Gasteiger charge is -2.27. The van der Waals surface area contributed by atoms with Crippen molar-refractivity contribution in [1.82, 2.24) is 5.32 Å². The standard InChI is InChI=1S/C13H19ClN2/c14-11-6-4-10(5-7-11)9-16-13-3-1-2-12(15)8-13/h4-7,12-13,16H,1-3,8-9,15H2. The summed E-state index contributed by atoms with van der Waals surface area (Å²) in [5.41, 5.74) is 7.24. The molecule has 0 spiro atoms. The fraction of sp³-hybridized carbons (Fsp3) is 0.538. The van der Waals surface area contributed by atoms with Crippen molar-refractivity contribution in [2.75, 3.05) is 0 Å². The average molecular weight is 239 g/mol. The lowest BCUT2D eigenvalue weighted by atomic mass is 9.91. The topological polar surface area (TPSA) is 38.0 Å². The van der Waals surface area contributed by atoms with Gasteiger partial charge in [0.15, 0.2) is 0 Å². The van der Waals surface area contributed by atoms with Crippen molar-refractivity contribution in [3.63, 3.8) is 0 Å². The summed E-state index contributed by atoms with van der Waals surface area (Å²) in [6.07, 6.45) is 4.79. The minimum atomic E-state index is 0.386. The third kappa shape index (κ3) is 3.48. The predicted molar refractivity (Wildman–Crippen MR) is 68.5 cm³/mol. The van der Waals surface area contributed by atoms with Gasteiger partial charge in [0.25, 0.3) is 0 Å². The van der Waals surface area contributed by atoms with Gasteiger partial charge in [0.2, 0.25) is 0 Å². The maximum absolute atomic E-state index is 5.96. The Morgan fingerprint density at radius 3 is 2.69 bits per heavy atom. The van der Waals surface area contributed by atoms with Crippen LogP contribution in [-0.4, -0.2) is 12.1 Å². The summed E-state index contributed by atoms with van der Waals surface area (Å²) in [6, 6.07) is 8.97. The Hall–Kier alpha value is -0.570. The van der Waals surface area contributed by atoms with E-state index in [1.807, 2.05) is 12.1 Å². The van der Waals surface area contributed by atoms with Gasteiger partial charge >= 0.3 is 0 Å². The molecule has 0 saturated heterocycles. The van der Waals surface area contributed by atoms with Gasteiger partial charge in [-0.2, -0.15) is 0 Å². The summed E-state index contributed by atoms with van der Waals surface area (Å²) in [5, 5.41) is 4.36. The second-order valence-corrected chi connectivity index (χ2v) is 5.07. The second-order valence-electron chi connectivity index (χ2n) is 4.63. The Morgan fingerprint density at radius 1 is 1.25 bits per heavy atom. The van der Waals surface area contributed by atoms with Crippen molar-refractivity contribution in [2.45, 2.75) is 44.3 Å². The van der Waals surface area contributed by atoms with Crippen LogP contribution in [-0.2, 0) is 6.54 Å². The number of rotatable bonds is 3. The summed E-state index contributed by atoms with van der Waals surface area (Å²) in [4.78, 5) is 0. The number of nitrogens with one attached hydrogen (secondary N) is 1. The maximum Gasteiger partial charge on any atom is 0.0406 e. The monoisotopic (exact) mass is 238 g/mol. The number of benzene rings is 1. The molecule has 88 valence electrons. The lowest BCUT2D eigenvalue weighted by Crippen LogP contribution is -2.39. The Bertz CT molecular complexity index is 323. The zero-order valence-electron chi connectivity index (χ0n) is 9.45. The van der Waals surface area contributed by atoms with Gasteiger partial charge in [-0.3, -0.25) is 0 Å².